The molecule has 0 aliphatic carbocycles. The maximum atomic E-state index is 12.2. The molecule has 0 spiro atoms. The van der Waals surface area contributed by atoms with Crippen LogP contribution in [0.15, 0.2) is 36.4 Å². The van der Waals surface area contributed by atoms with Gasteiger partial charge in [-0.2, -0.15) is 0 Å². The van der Waals surface area contributed by atoms with Crippen LogP contribution in [0, 0.1) is 13.8 Å². The van der Waals surface area contributed by atoms with Gasteiger partial charge in [0.05, 0.1) is 5.56 Å². The van der Waals surface area contributed by atoms with Crippen LogP contribution in [-0.2, 0) is 22.5 Å². The van der Waals surface area contributed by atoms with Crippen molar-refractivity contribution in [1.82, 2.24) is 9.88 Å². The molecule has 1 atom stereocenters. The van der Waals surface area contributed by atoms with E-state index in [4.69, 9.17) is 4.74 Å². The molecule has 0 saturated carbocycles. The van der Waals surface area contributed by atoms with E-state index in [0.29, 0.717) is 5.56 Å². The summed E-state index contributed by atoms with van der Waals surface area (Å²) in [5, 5.41) is 2.88. The Balaban J connectivity index is 1.78. The summed E-state index contributed by atoms with van der Waals surface area (Å²) in [5.74, 6) is -0.729. The number of ether oxygens (including phenoxy) is 1. The molecule has 0 radical (unpaired) electrons. The van der Waals surface area contributed by atoms with Crippen LogP contribution in [0.4, 0.5) is 0 Å². The van der Waals surface area contributed by atoms with Crippen molar-refractivity contribution in [2.75, 3.05) is 6.61 Å². The maximum absolute atomic E-state index is 12.2. The average Bonchev–Trinajstić information content (AvgIpc) is 2.92. The summed E-state index contributed by atoms with van der Waals surface area (Å²) in [7, 11) is 0. The van der Waals surface area contributed by atoms with Crippen molar-refractivity contribution >= 4 is 11.9 Å². The Kier molecular flexibility index (Phi) is 7.01. The van der Waals surface area contributed by atoms with Crippen molar-refractivity contribution in [3.63, 3.8) is 0 Å². The summed E-state index contributed by atoms with van der Waals surface area (Å²) < 4.78 is 7.23. The Bertz CT molecular complexity index is 750. The number of esters is 1. The predicted molar refractivity (Wildman–Crippen MR) is 102 cm³/mol. The summed E-state index contributed by atoms with van der Waals surface area (Å²) in [6.07, 6.45) is 1.73. The van der Waals surface area contributed by atoms with E-state index < -0.39 is 5.97 Å². The molecule has 0 unspecified atom stereocenters. The van der Waals surface area contributed by atoms with E-state index in [0.717, 1.165) is 30.8 Å². The third-order valence-electron chi connectivity index (χ3n) is 4.56. The second kappa shape index (κ2) is 9.22. The second-order valence-corrected chi connectivity index (χ2v) is 6.60. The summed E-state index contributed by atoms with van der Waals surface area (Å²) in [4.78, 5) is 24.3. The van der Waals surface area contributed by atoms with Gasteiger partial charge in [0, 0.05) is 24.0 Å². The number of amides is 1. The van der Waals surface area contributed by atoms with Crippen LogP contribution in [-0.4, -0.2) is 29.1 Å². The highest BCUT2D eigenvalue weighted by molar-refractivity contribution is 5.92. The number of rotatable bonds is 8. The fourth-order valence-electron chi connectivity index (χ4n) is 3.12. The monoisotopic (exact) mass is 356 g/mol. The maximum Gasteiger partial charge on any atom is 0.340 e. The zero-order valence-electron chi connectivity index (χ0n) is 16.0. The quantitative estimate of drug-likeness (QED) is 0.737. The van der Waals surface area contributed by atoms with Gasteiger partial charge in [-0.1, -0.05) is 30.3 Å². The summed E-state index contributed by atoms with van der Waals surface area (Å²) in [5.41, 5.74) is 3.64. The zero-order valence-corrected chi connectivity index (χ0v) is 16.0. The van der Waals surface area contributed by atoms with E-state index >= 15 is 0 Å². The highest BCUT2D eigenvalue weighted by Crippen LogP contribution is 2.16. The van der Waals surface area contributed by atoms with Gasteiger partial charge in [0.2, 0.25) is 0 Å². The molecule has 2 rings (SSSR count). The molecule has 0 saturated heterocycles. The molecule has 1 amide bonds. The minimum absolute atomic E-state index is 0.0200. The minimum Gasteiger partial charge on any atom is -0.452 e. The third kappa shape index (κ3) is 5.22. The van der Waals surface area contributed by atoms with Crippen molar-refractivity contribution in [1.29, 1.82) is 0 Å². The molecule has 26 heavy (non-hydrogen) atoms. The van der Waals surface area contributed by atoms with Gasteiger partial charge < -0.3 is 14.6 Å². The number of hydrogen-bond acceptors (Lipinski definition) is 3. The number of nitrogens with zero attached hydrogens (tertiary/aromatic N) is 1. The zero-order chi connectivity index (χ0) is 19.1. The molecule has 1 heterocycles. The van der Waals surface area contributed by atoms with Gasteiger partial charge in [0.15, 0.2) is 6.61 Å². The van der Waals surface area contributed by atoms with Gasteiger partial charge in [0.25, 0.3) is 5.91 Å². The van der Waals surface area contributed by atoms with Crippen molar-refractivity contribution in [3.05, 3.63) is 58.9 Å². The molecule has 0 fully saturated rings. The number of nitrogens with one attached hydrogen (secondary N) is 1. The predicted octanol–water partition coefficient (Wildman–Crippen LogP) is 3.42. The van der Waals surface area contributed by atoms with Gasteiger partial charge in [-0.15, -0.1) is 0 Å². The lowest BCUT2D eigenvalue weighted by Crippen LogP contribution is -2.36. The van der Waals surface area contributed by atoms with Crippen LogP contribution >= 0.6 is 0 Å². The third-order valence-corrected chi connectivity index (χ3v) is 4.56. The summed E-state index contributed by atoms with van der Waals surface area (Å²) >= 11 is 0. The first-order chi connectivity index (χ1) is 12.4. The van der Waals surface area contributed by atoms with Gasteiger partial charge >= 0.3 is 5.97 Å². The number of benzene rings is 1. The van der Waals surface area contributed by atoms with Crippen LogP contribution in [0.2, 0.25) is 0 Å². The molecule has 0 bridgehead atoms. The lowest BCUT2D eigenvalue weighted by molar-refractivity contribution is -0.124. The Morgan fingerprint density at radius 1 is 1.19 bits per heavy atom. The van der Waals surface area contributed by atoms with Gasteiger partial charge in [-0.05, 0) is 52.2 Å². The fraction of sp³-hybridized carbons (Fsp3) is 0.429. The molecule has 140 valence electrons. The molecular formula is C21H28N2O3. The standard InChI is InChI=1S/C21H28N2O3/c1-5-23-16(3)13-19(17(23)4)21(25)26-14-20(24)22-15(2)11-12-18-9-7-6-8-10-18/h6-10,13,15H,5,11-12,14H2,1-4H3,(H,22,24)/t15-/m0/s1. The van der Waals surface area contributed by atoms with Crippen molar-refractivity contribution in [2.45, 2.75) is 53.1 Å². The number of carbonyl (C=O) groups is 2. The Morgan fingerprint density at radius 3 is 2.50 bits per heavy atom. The van der Waals surface area contributed by atoms with Crippen LogP contribution in [0.1, 0.15) is 47.6 Å². The molecule has 1 aromatic heterocycles. The molecule has 2 aromatic rings. The first kappa shape index (κ1) is 19.8. The van der Waals surface area contributed by atoms with Crippen LogP contribution < -0.4 is 5.32 Å². The van der Waals surface area contributed by atoms with Crippen LogP contribution in [0.25, 0.3) is 0 Å². The van der Waals surface area contributed by atoms with Gasteiger partial charge in [-0.25, -0.2) is 4.79 Å². The molecule has 5 nitrogen and oxygen atoms in total. The Labute approximate surface area is 155 Å². The Morgan fingerprint density at radius 2 is 1.88 bits per heavy atom. The molecule has 0 aliphatic rings. The average molecular weight is 356 g/mol. The van der Waals surface area contributed by atoms with Gasteiger partial charge in [0.1, 0.15) is 0 Å². The number of hydrogen-bond donors (Lipinski definition) is 1. The number of aryl methyl sites for hydroxylation is 2. The summed E-state index contributed by atoms with van der Waals surface area (Å²) in [6, 6.07) is 12.0. The topological polar surface area (TPSA) is 60.3 Å². The first-order valence-corrected chi connectivity index (χ1v) is 9.09. The summed E-state index contributed by atoms with van der Waals surface area (Å²) in [6.45, 7) is 8.36. The van der Waals surface area contributed by atoms with E-state index in [1.807, 2.05) is 56.5 Å². The lowest BCUT2D eigenvalue weighted by atomic mass is 10.1. The molecular weight excluding hydrogens is 328 g/mol. The van der Waals surface area contributed by atoms with Crippen molar-refractivity contribution < 1.29 is 14.3 Å². The number of aromatic nitrogens is 1. The second-order valence-electron chi connectivity index (χ2n) is 6.60. The molecule has 5 heteroatoms. The highest BCUT2D eigenvalue weighted by Gasteiger charge is 2.18. The molecule has 1 aromatic carbocycles. The van der Waals surface area contributed by atoms with Gasteiger partial charge in [-0.3, -0.25) is 4.79 Å². The molecule has 1 N–H and O–H groups in total. The van der Waals surface area contributed by atoms with Crippen LogP contribution in [0.5, 0.6) is 0 Å². The van der Waals surface area contributed by atoms with E-state index in [1.165, 1.54) is 5.56 Å². The lowest BCUT2D eigenvalue weighted by Gasteiger charge is -2.14. The van der Waals surface area contributed by atoms with E-state index in [1.54, 1.807) is 0 Å². The van der Waals surface area contributed by atoms with Crippen LogP contribution in [0.3, 0.4) is 0 Å². The highest BCUT2D eigenvalue weighted by atomic mass is 16.5. The molecule has 0 aliphatic heterocycles. The van der Waals surface area contributed by atoms with Crippen molar-refractivity contribution in [2.24, 2.45) is 0 Å². The van der Waals surface area contributed by atoms with E-state index in [2.05, 4.69) is 17.4 Å². The smallest absolute Gasteiger partial charge is 0.340 e. The van der Waals surface area contributed by atoms with E-state index in [-0.39, 0.29) is 18.6 Å². The Hall–Kier alpha value is -2.56. The normalized spacial score (nSPS) is 11.8. The number of carbonyl (C=O) groups excluding carboxylic acids is 2. The first-order valence-electron chi connectivity index (χ1n) is 9.09. The van der Waals surface area contributed by atoms with E-state index in [9.17, 15) is 9.59 Å². The minimum atomic E-state index is -0.454. The van der Waals surface area contributed by atoms with Crippen molar-refractivity contribution in [3.8, 4) is 0 Å². The fourth-order valence-corrected chi connectivity index (χ4v) is 3.12. The SMILES string of the molecule is CCn1c(C)cc(C(=O)OCC(=O)N[C@@H](C)CCc2ccccc2)c1C. The largest absolute Gasteiger partial charge is 0.452 e.